The van der Waals surface area contributed by atoms with E-state index in [0.29, 0.717) is 38.8 Å². The molecule has 0 bridgehead atoms. The molecule has 4 rings (SSSR count). The van der Waals surface area contributed by atoms with Gasteiger partial charge in [0, 0.05) is 44.5 Å². The maximum Gasteiger partial charge on any atom is 0.228 e. The van der Waals surface area contributed by atoms with Gasteiger partial charge in [0.15, 0.2) is 0 Å². The molecule has 1 aromatic heterocycles. The first-order valence-electron chi connectivity index (χ1n) is 11.1. The van der Waals surface area contributed by atoms with Crippen LogP contribution in [0.5, 0.6) is 0 Å². The number of carbonyl (C=O) groups excluding carboxylic acids is 2. The minimum absolute atomic E-state index is 0.00292. The molecule has 0 unspecified atom stereocenters. The molecular formula is C27H29N3O2. The van der Waals surface area contributed by atoms with Gasteiger partial charge in [0.25, 0.3) is 0 Å². The molecule has 5 nitrogen and oxygen atoms in total. The fourth-order valence-electron chi connectivity index (χ4n) is 4.66. The number of nitrogens with zero attached hydrogens (tertiary/aromatic N) is 2. The SMILES string of the molecule is CNC(=O)[C@@]1(Cc2ccccc2-c2cccnc2)CCN(C(=O)CCc2ccccc2)C1. The molecule has 0 aliphatic carbocycles. The minimum atomic E-state index is -0.629. The van der Waals surface area contributed by atoms with E-state index in [1.165, 1.54) is 0 Å². The molecule has 0 radical (unpaired) electrons. The highest BCUT2D eigenvalue weighted by atomic mass is 16.2. The molecule has 1 atom stereocenters. The lowest BCUT2D eigenvalue weighted by Crippen LogP contribution is -2.44. The number of rotatable bonds is 7. The van der Waals surface area contributed by atoms with Crippen LogP contribution in [0.1, 0.15) is 24.0 Å². The fourth-order valence-corrected chi connectivity index (χ4v) is 4.66. The van der Waals surface area contributed by atoms with Gasteiger partial charge in [-0.15, -0.1) is 0 Å². The average Bonchev–Trinajstić information content (AvgIpc) is 3.29. The predicted octanol–water partition coefficient (Wildman–Crippen LogP) is 3.89. The van der Waals surface area contributed by atoms with Crippen LogP contribution in [0.25, 0.3) is 11.1 Å². The van der Waals surface area contributed by atoms with Crippen LogP contribution in [0.3, 0.4) is 0 Å². The summed E-state index contributed by atoms with van der Waals surface area (Å²) in [6.07, 6.45) is 6.02. The third kappa shape index (κ3) is 4.72. The molecule has 1 N–H and O–H groups in total. The Bertz CT molecular complexity index is 1070. The summed E-state index contributed by atoms with van der Waals surface area (Å²) in [5, 5.41) is 2.86. The topological polar surface area (TPSA) is 62.3 Å². The van der Waals surface area contributed by atoms with Crippen LogP contribution in [0, 0.1) is 5.41 Å². The van der Waals surface area contributed by atoms with E-state index in [-0.39, 0.29) is 11.8 Å². The maximum absolute atomic E-state index is 13.1. The van der Waals surface area contributed by atoms with E-state index in [1.807, 2.05) is 65.7 Å². The Kier molecular flexibility index (Phi) is 6.64. The Morgan fingerprint density at radius 2 is 1.81 bits per heavy atom. The summed E-state index contributed by atoms with van der Waals surface area (Å²) in [6.45, 7) is 1.05. The average molecular weight is 428 g/mol. The van der Waals surface area contributed by atoms with Crippen molar-refractivity contribution < 1.29 is 9.59 Å². The van der Waals surface area contributed by atoms with Crippen molar-refractivity contribution in [3.63, 3.8) is 0 Å². The molecule has 0 spiro atoms. The summed E-state index contributed by atoms with van der Waals surface area (Å²) in [5.74, 6) is 0.108. The summed E-state index contributed by atoms with van der Waals surface area (Å²) in [5.41, 5.74) is 3.74. The zero-order valence-corrected chi connectivity index (χ0v) is 18.5. The van der Waals surface area contributed by atoms with E-state index < -0.39 is 5.41 Å². The molecule has 1 aliphatic rings. The van der Waals surface area contributed by atoms with E-state index >= 15 is 0 Å². The standard InChI is InChI=1S/C27H29N3O2/c1-28-26(32)27(18-22-10-5-6-12-24(22)23-11-7-16-29-19-23)15-17-30(20-27)25(31)14-13-21-8-3-2-4-9-21/h2-12,16,19H,13-15,17-18,20H2,1H3,(H,28,32)/t27-/m1/s1. The molecule has 1 fully saturated rings. The lowest BCUT2D eigenvalue weighted by Gasteiger charge is -2.28. The number of hydrogen-bond donors (Lipinski definition) is 1. The van der Waals surface area contributed by atoms with Crippen molar-refractivity contribution in [1.82, 2.24) is 15.2 Å². The second kappa shape index (κ2) is 9.77. The number of likely N-dealkylation sites (tertiary alicyclic amines) is 1. The summed E-state index contributed by atoms with van der Waals surface area (Å²) >= 11 is 0. The highest BCUT2D eigenvalue weighted by Crippen LogP contribution is 2.37. The van der Waals surface area contributed by atoms with Gasteiger partial charge in [0.05, 0.1) is 5.41 Å². The van der Waals surface area contributed by atoms with Gasteiger partial charge in [-0.3, -0.25) is 14.6 Å². The van der Waals surface area contributed by atoms with Gasteiger partial charge >= 0.3 is 0 Å². The molecule has 32 heavy (non-hydrogen) atoms. The Morgan fingerprint density at radius 3 is 2.56 bits per heavy atom. The molecule has 1 saturated heterocycles. The highest BCUT2D eigenvalue weighted by molar-refractivity contribution is 5.86. The van der Waals surface area contributed by atoms with Gasteiger partial charge < -0.3 is 10.2 Å². The number of aryl methyl sites for hydroxylation is 1. The number of benzene rings is 2. The molecule has 0 saturated carbocycles. The lowest BCUT2D eigenvalue weighted by atomic mass is 9.78. The Balaban J connectivity index is 1.52. The highest BCUT2D eigenvalue weighted by Gasteiger charge is 2.45. The van der Waals surface area contributed by atoms with E-state index in [4.69, 9.17) is 0 Å². The van der Waals surface area contributed by atoms with Gasteiger partial charge in [-0.25, -0.2) is 0 Å². The Labute approximate surface area is 189 Å². The van der Waals surface area contributed by atoms with Crippen LogP contribution in [-0.2, 0) is 22.4 Å². The predicted molar refractivity (Wildman–Crippen MR) is 126 cm³/mol. The molecule has 5 heteroatoms. The normalized spacial score (nSPS) is 17.8. The van der Waals surface area contributed by atoms with E-state index in [0.717, 1.165) is 22.3 Å². The number of nitrogens with one attached hydrogen (secondary N) is 1. The van der Waals surface area contributed by atoms with Gasteiger partial charge in [-0.2, -0.15) is 0 Å². The van der Waals surface area contributed by atoms with Crippen molar-refractivity contribution in [2.24, 2.45) is 5.41 Å². The first-order chi connectivity index (χ1) is 15.6. The largest absolute Gasteiger partial charge is 0.359 e. The van der Waals surface area contributed by atoms with Gasteiger partial charge in [0.1, 0.15) is 0 Å². The van der Waals surface area contributed by atoms with Crippen LogP contribution < -0.4 is 5.32 Å². The van der Waals surface area contributed by atoms with Crippen LogP contribution in [0.4, 0.5) is 0 Å². The second-order valence-electron chi connectivity index (χ2n) is 8.49. The van der Waals surface area contributed by atoms with E-state index in [1.54, 1.807) is 13.2 Å². The number of pyridine rings is 1. The van der Waals surface area contributed by atoms with E-state index in [9.17, 15) is 9.59 Å². The van der Waals surface area contributed by atoms with Crippen LogP contribution in [-0.4, -0.2) is 41.8 Å². The second-order valence-corrected chi connectivity index (χ2v) is 8.49. The van der Waals surface area contributed by atoms with Crippen molar-refractivity contribution >= 4 is 11.8 Å². The van der Waals surface area contributed by atoms with Gasteiger partial charge in [-0.1, -0.05) is 60.7 Å². The van der Waals surface area contributed by atoms with Crippen molar-refractivity contribution in [1.29, 1.82) is 0 Å². The molecule has 2 amide bonds. The number of aromatic nitrogens is 1. The summed E-state index contributed by atoms with van der Waals surface area (Å²) in [4.78, 5) is 32.1. The molecule has 3 aromatic rings. The number of amides is 2. The zero-order chi connectivity index (χ0) is 22.4. The summed E-state index contributed by atoms with van der Waals surface area (Å²) in [6, 6.07) is 22.2. The lowest BCUT2D eigenvalue weighted by molar-refractivity contribution is -0.133. The smallest absolute Gasteiger partial charge is 0.228 e. The monoisotopic (exact) mass is 427 g/mol. The Hall–Kier alpha value is -3.47. The third-order valence-electron chi connectivity index (χ3n) is 6.40. The molecular weight excluding hydrogens is 398 g/mol. The van der Waals surface area contributed by atoms with Crippen molar-refractivity contribution in [2.75, 3.05) is 20.1 Å². The fraction of sp³-hybridized carbons (Fsp3) is 0.296. The summed E-state index contributed by atoms with van der Waals surface area (Å²) < 4.78 is 0. The maximum atomic E-state index is 13.1. The van der Waals surface area contributed by atoms with E-state index in [2.05, 4.69) is 22.4 Å². The van der Waals surface area contributed by atoms with Gasteiger partial charge in [0.2, 0.25) is 11.8 Å². The molecule has 1 aliphatic heterocycles. The van der Waals surface area contributed by atoms with Crippen molar-refractivity contribution in [3.8, 4) is 11.1 Å². The Morgan fingerprint density at radius 1 is 1.03 bits per heavy atom. The van der Waals surface area contributed by atoms with Crippen LogP contribution in [0.15, 0.2) is 79.1 Å². The summed E-state index contributed by atoms with van der Waals surface area (Å²) in [7, 11) is 1.68. The molecule has 164 valence electrons. The quantitative estimate of drug-likeness (QED) is 0.622. The minimum Gasteiger partial charge on any atom is -0.359 e. The van der Waals surface area contributed by atoms with Gasteiger partial charge in [-0.05, 0) is 42.0 Å². The zero-order valence-electron chi connectivity index (χ0n) is 18.5. The first kappa shape index (κ1) is 21.8. The molecule has 2 aromatic carbocycles. The third-order valence-corrected chi connectivity index (χ3v) is 6.40. The van der Waals surface area contributed by atoms with Crippen molar-refractivity contribution in [2.45, 2.75) is 25.7 Å². The van der Waals surface area contributed by atoms with Crippen molar-refractivity contribution in [3.05, 3.63) is 90.3 Å². The number of hydrogen-bond acceptors (Lipinski definition) is 3. The first-order valence-corrected chi connectivity index (χ1v) is 11.1. The molecule has 2 heterocycles. The van der Waals surface area contributed by atoms with Crippen LogP contribution >= 0.6 is 0 Å². The van der Waals surface area contributed by atoms with Crippen LogP contribution in [0.2, 0.25) is 0 Å². The number of carbonyl (C=O) groups is 2.